The van der Waals surface area contributed by atoms with Gasteiger partial charge in [0.15, 0.2) is 0 Å². The summed E-state index contributed by atoms with van der Waals surface area (Å²) in [6, 6.07) is 7.88. The number of nitrogens with zero attached hydrogens (tertiary/aromatic N) is 2. The van der Waals surface area contributed by atoms with Crippen LogP contribution in [0.2, 0.25) is 0 Å². The maximum Gasteiger partial charge on any atom is 0.248 e. The van der Waals surface area contributed by atoms with Crippen LogP contribution in [-0.4, -0.2) is 19.5 Å². The number of nitrogens with two attached hydrogens (primary N) is 1. The number of thiophene rings is 1. The zero-order valence-electron chi connectivity index (χ0n) is 11.9. The molecule has 5 heteroatoms. The van der Waals surface area contributed by atoms with Crippen LogP contribution in [0.3, 0.4) is 0 Å². The Kier molecular flexibility index (Phi) is 2.80. The van der Waals surface area contributed by atoms with Gasteiger partial charge in [-0.2, -0.15) is 0 Å². The van der Waals surface area contributed by atoms with Crippen molar-refractivity contribution in [1.29, 1.82) is 0 Å². The molecule has 0 radical (unpaired) electrons. The number of likely N-dealkylation sites (N-methyl/N-ethyl adjacent to an activating group) is 1. The highest BCUT2D eigenvalue weighted by molar-refractivity contribution is 7.10. The van der Waals surface area contributed by atoms with E-state index in [1.807, 2.05) is 17.4 Å². The second kappa shape index (κ2) is 4.58. The van der Waals surface area contributed by atoms with E-state index in [2.05, 4.69) is 28.5 Å². The van der Waals surface area contributed by atoms with Gasteiger partial charge in [-0.15, -0.1) is 11.3 Å². The van der Waals surface area contributed by atoms with Gasteiger partial charge in [-0.3, -0.25) is 4.79 Å². The Hall–Kier alpha value is -1.85. The van der Waals surface area contributed by atoms with Gasteiger partial charge in [0, 0.05) is 36.3 Å². The fraction of sp³-hybridized carbons (Fsp3) is 0.312. The molecule has 1 aromatic heterocycles. The predicted octanol–water partition coefficient (Wildman–Crippen LogP) is 2.29. The monoisotopic (exact) mass is 299 g/mol. The zero-order chi connectivity index (χ0) is 14.6. The summed E-state index contributed by atoms with van der Waals surface area (Å²) < 4.78 is 0. The van der Waals surface area contributed by atoms with Crippen molar-refractivity contribution in [3.8, 4) is 0 Å². The molecule has 21 heavy (non-hydrogen) atoms. The molecule has 0 fully saturated rings. The van der Waals surface area contributed by atoms with Gasteiger partial charge >= 0.3 is 0 Å². The number of anilines is 2. The lowest BCUT2D eigenvalue weighted by Gasteiger charge is -2.29. The third-order valence-corrected chi connectivity index (χ3v) is 5.50. The van der Waals surface area contributed by atoms with Gasteiger partial charge in [0.05, 0.1) is 5.69 Å². The Balaban J connectivity index is 1.68. The quantitative estimate of drug-likeness (QED) is 0.879. The molecule has 0 saturated heterocycles. The standard InChI is InChI=1S/C16H17N3OS/c1-18-13-8-11(2-3-12(13)15(17)16(18)20)19-6-4-14-10(9-19)5-7-21-14/h2-3,5,7-8,15H,4,6,9,17H2,1H3. The third kappa shape index (κ3) is 1.88. The van der Waals surface area contributed by atoms with Crippen molar-refractivity contribution < 1.29 is 4.79 Å². The van der Waals surface area contributed by atoms with Crippen LogP contribution in [0.25, 0.3) is 0 Å². The molecule has 2 aliphatic heterocycles. The Morgan fingerprint density at radius 3 is 3.05 bits per heavy atom. The molecule has 0 aliphatic carbocycles. The summed E-state index contributed by atoms with van der Waals surface area (Å²) in [5.74, 6) is -0.0269. The van der Waals surface area contributed by atoms with Crippen molar-refractivity contribution >= 4 is 28.6 Å². The summed E-state index contributed by atoms with van der Waals surface area (Å²) in [5, 5.41) is 2.17. The minimum absolute atomic E-state index is 0.0269. The van der Waals surface area contributed by atoms with Gasteiger partial charge in [-0.05, 0) is 35.6 Å². The first-order valence-electron chi connectivity index (χ1n) is 7.12. The van der Waals surface area contributed by atoms with Crippen LogP contribution in [0.1, 0.15) is 22.0 Å². The summed E-state index contributed by atoms with van der Waals surface area (Å²) >= 11 is 1.85. The van der Waals surface area contributed by atoms with E-state index >= 15 is 0 Å². The van der Waals surface area contributed by atoms with E-state index in [0.717, 1.165) is 30.8 Å². The second-order valence-electron chi connectivity index (χ2n) is 5.66. The van der Waals surface area contributed by atoms with Crippen molar-refractivity contribution in [3.05, 3.63) is 45.6 Å². The summed E-state index contributed by atoms with van der Waals surface area (Å²) in [7, 11) is 1.80. The van der Waals surface area contributed by atoms with Crippen molar-refractivity contribution in [3.63, 3.8) is 0 Å². The highest BCUT2D eigenvalue weighted by atomic mass is 32.1. The Labute approximate surface area is 127 Å². The molecule has 0 bridgehead atoms. The van der Waals surface area contributed by atoms with Crippen LogP contribution in [0.5, 0.6) is 0 Å². The number of hydrogen-bond donors (Lipinski definition) is 1. The average Bonchev–Trinajstić information content (AvgIpc) is 3.06. The molecule has 4 rings (SSSR count). The first-order chi connectivity index (χ1) is 10.1. The minimum atomic E-state index is -0.510. The molecule has 2 aromatic rings. The number of amides is 1. The highest BCUT2D eigenvalue weighted by Gasteiger charge is 2.32. The fourth-order valence-corrected chi connectivity index (χ4v) is 4.10. The van der Waals surface area contributed by atoms with E-state index < -0.39 is 6.04 Å². The lowest BCUT2D eigenvalue weighted by Crippen LogP contribution is -2.29. The number of carbonyl (C=O) groups excluding carboxylic acids is 1. The molecular formula is C16H17N3OS. The molecule has 3 heterocycles. The lowest BCUT2D eigenvalue weighted by molar-refractivity contribution is -0.118. The van der Waals surface area contributed by atoms with Crippen LogP contribution >= 0.6 is 11.3 Å². The van der Waals surface area contributed by atoms with Crippen molar-refractivity contribution in [2.45, 2.75) is 19.0 Å². The lowest BCUT2D eigenvalue weighted by atomic mass is 10.1. The van der Waals surface area contributed by atoms with Crippen molar-refractivity contribution in [2.24, 2.45) is 5.73 Å². The molecule has 0 spiro atoms. The van der Waals surface area contributed by atoms with E-state index in [9.17, 15) is 4.79 Å². The minimum Gasteiger partial charge on any atom is -0.367 e. The molecule has 1 atom stereocenters. The van der Waals surface area contributed by atoms with E-state index in [1.54, 1.807) is 11.9 Å². The molecule has 2 aliphatic rings. The van der Waals surface area contributed by atoms with Crippen LogP contribution in [0, 0.1) is 0 Å². The van der Waals surface area contributed by atoms with Gasteiger partial charge in [-0.25, -0.2) is 0 Å². The van der Waals surface area contributed by atoms with Crippen LogP contribution in [0.4, 0.5) is 11.4 Å². The fourth-order valence-electron chi connectivity index (χ4n) is 3.21. The molecular weight excluding hydrogens is 282 g/mol. The van der Waals surface area contributed by atoms with Crippen LogP contribution < -0.4 is 15.5 Å². The van der Waals surface area contributed by atoms with E-state index in [-0.39, 0.29) is 5.91 Å². The van der Waals surface area contributed by atoms with Gasteiger partial charge in [-0.1, -0.05) is 6.07 Å². The number of benzene rings is 1. The molecule has 1 amide bonds. The zero-order valence-corrected chi connectivity index (χ0v) is 12.7. The number of fused-ring (bicyclic) bond motifs is 2. The van der Waals surface area contributed by atoms with Crippen LogP contribution in [0.15, 0.2) is 29.6 Å². The van der Waals surface area contributed by atoms with Crippen LogP contribution in [-0.2, 0) is 17.8 Å². The highest BCUT2D eigenvalue weighted by Crippen LogP contribution is 2.37. The largest absolute Gasteiger partial charge is 0.367 e. The topological polar surface area (TPSA) is 49.6 Å². The molecule has 1 unspecified atom stereocenters. The number of carbonyl (C=O) groups is 1. The van der Waals surface area contributed by atoms with Crippen molar-refractivity contribution in [2.75, 3.05) is 23.4 Å². The van der Waals surface area contributed by atoms with Crippen molar-refractivity contribution in [1.82, 2.24) is 0 Å². The number of hydrogen-bond acceptors (Lipinski definition) is 4. The Bertz CT molecular complexity index is 724. The normalized spacial score (nSPS) is 20.7. The van der Waals surface area contributed by atoms with E-state index in [0.29, 0.717) is 0 Å². The Morgan fingerprint density at radius 1 is 1.33 bits per heavy atom. The van der Waals surface area contributed by atoms with E-state index in [1.165, 1.54) is 16.1 Å². The molecule has 2 N–H and O–H groups in total. The SMILES string of the molecule is CN1C(=O)C(N)c2ccc(N3CCc4sccc4C3)cc21. The summed E-state index contributed by atoms with van der Waals surface area (Å²) in [6.45, 7) is 1.97. The molecule has 108 valence electrons. The summed E-state index contributed by atoms with van der Waals surface area (Å²) in [6.07, 6.45) is 1.10. The molecule has 0 saturated carbocycles. The van der Waals surface area contributed by atoms with Gasteiger partial charge in [0.1, 0.15) is 6.04 Å². The Morgan fingerprint density at radius 2 is 2.19 bits per heavy atom. The predicted molar refractivity (Wildman–Crippen MR) is 85.9 cm³/mol. The number of rotatable bonds is 1. The third-order valence-electron chi connectivity index (χ3n) is 4.48. The van der Waals surface area contributed by atoms with E-state index in [4.69, 9.17) is 5.73 Å². The average molecular weight is 299 g/mol. The smallest absolute Gasteiger partial charge is 0.248 e. The molecule has 1 aromatic carbocycles. The first kappa shape index (κ1) is 12.9. The maximum absolute atomic E-state index is 12.0. The molecule has 4 nitrogen and oxygen atoms in total. The van der Waals surface area contributed by atoms with Gasteiger partial charge in [0.25, 0.3) is 0 Å². The second-order valence-corrected chi connectivity index (χ2v) is 6.66. The summed E-state index contributed by atoms with van der Waals surface area (Å²) in [5.41, 5.74) is 10.4. The maximum atomic E-state index is 12.0. The van der Waals surface area contributed by atoms with Gasteiger partial charge in [0.2, 0.25) is 5.91 Å². The van der Waals surface area contributed by atoms with Gasteiger partial charge < -0.3 is 15.5 Å². The first-order valence-corrected chi connectivity index (χ1v) is 8.00. The summed E-state index contributed by atoms with van der Waals surface area (Å²) in [4.78, 5) is 17.5.